The summed E-state index contributed by atoms with van der Waals surface area (Å²) in [4.78, 5) is 24.5. The smallest absolute Gasteiger partial charge is 0.216 e. The summed E-state index contributed by atoms with van der Waals surface area (Å²) in [5, 5.41) is 0. The maximum Gasteiger partial charge on any atom is 0.216 e. The van der Waals surface area contributed by atoms with Crippen LogP contribution in [-0.4, -0.2) is 18.7 Å². The van der Waals surface area contributed by atoms with E-state index in [1.54, 1.807) is 12.2 Å². The topological polar surface area (TPSA) is 52.6 Å². The van der Waals surface area contributed by atoms with Crippen molar-refractivity contribution in [2.75, 3.05) is 7.11 Å². The number of aryl methyl sites for hydroxylation is 1. The van der Waals surface area contributed by atoms with Gasteiger partial charge in [0.1, 0.15) is 11.7 Å². The van der Waals surface area contributed by atoms with E-state index in [2.05, 4.69) is 0 Å². The average Bonchev–Trinajstić information content (AvgIpc) is 2.77. The van der Waals surface area contributed by atoms with Gasteiger partial charge in [-0.05, 0) is 30.7 Å². The Labute approximate surface area is 122 Å². The van der Waals surface area contributed by atoms with E-state index in [9.17, 15) is 9.59 Å². The molecule has 1 atom stereocenters. The van der Waals surface area contributed by atoms with Crippen molar-refractivity contribution >= 4 is 17.6 Å². The first kappa shape index (κ1) is 13.4. The lowest BCUT2D eigenvalue weighted by molar-refractivity contribution is -0.128. The van der Waals surface area contributed by atoms with Crippen LogP contribution in [0.4, 0.5) is 0 Å². The van der Waals surface area contributed by atoms with Gasteiger partial charge in [0.25, 0.3) is 0 Å². The number of carbonyl (C=O) groups excluding carboxylic acids is 2. The number of carbonyl (C=O) groups is 2. The molecule has 1 unspecified atom stereocenters. The van der Waals surface area contributed by atoms with Gasteiger partial charge in [0, 0.05) is 0 Å². The van der Waals surface area contributed by atoms with Crippen molar-refractivity contribution in [1.82, 2.24) is 0 Å². The Morgan fingerprint density at radius 1 is 1.19 bits per heavy atom. The van der Waals surface area contributed by atoms with Crippen LogP contribution in [0.15, 0.2) is 53.7 Å². The number of hydrogen-bond acceptors (Lipinski definition) is 4. The number of Topliss-reactive ketones (excluding diaryl/α,β-unsaturated/α-hetero) is 2. The van der Waals surface area contributed by atoms with Crippen LogP contribution in [0, 0.1) is 12.8 Å². The Bertz CT molecular complexity index is 722. The van der Waals surface area contributed by atoms with Crippen LogP contribution >= 0.6 is 0 Å². The molecule has 0 spiro atoms. The second-order valence-corrected chi connectivity index (χ2v) is 4.99. The Kier molecular flexibility index (Phi) is 3.22. The van der Waals surface area contributed by atoms with Gasteiger partial charge in [0.2, 0.25) is 11.6 Å². The molecule has 1 aliphatic carbocycles. The van der Waals surface area contributed by atoms with Crippen LogP contribution in [-0.2, 0) is 19.1 Å². The van der Waals surface area contributed by atoms with Crippen molar-refractivity contribution in [3.05, 3.63) is 64.8 Å². The summed E-state index contributed by atoms with van der Waals surface area (Å²) in [5.41, 5.74) is 1.95. The van der Waals surface area contributed by atoms with Crippen molar-refractivity contribution in [3.63, 3.8) is 0 Å². The molecule has 1 heterocycles. The average molecular weight is 282 g/mol. The second kappa shape index (κ2) is 5.05. The van der Waals surface area contributed by atoms with Crippen molar-refractivity contribution in [3.8, 4) is 0 Å². The van der Waals surface area contributed by atoms with Gasteiger partial charge < -0.3 is 9.47 Å². The number of hydrogen-bond donors (Lipinski definition) is 0. The Morgan fingerprint density at radius 3 is 2.71 bits per heavy atom. The number of fused-ring (bicyclic) bond motifs is 1. The number of methoxy groups -OCH3 is 1. The van der Waals surface area contributed by atoms with E-state index in [0.29, 0.717) is 5.76 Å². The second-order valence-electron chi connectivity index (χ2n) is 4.99. The van der Waals surface area contributed by atoms with E-state index in [0.717, 1.165) is 11.1 Å². The van der Waals surface area contributed by atoms with Crippen LogP contribution in [0.2, 0.25) is 0 Å². The first-order valence-electron chi connectivity index (χ1n) is 6.60. The zero-order valence-electron chi connectivity index (χ0n) is 11.8. The van der Waals surface area contributed by atoms with Crippen LogP contribution in [0.5, 0.6) is 0 Å². The molecule has 0 aromatic heterocycles. The van der Waals surface area contributed by atoms with Crippen molar-refractivity contribution in [2.45, 2.75) is 6.92 Å². The highest BCUT2D eigenvalue weighted by Gasteiger charge is 2.44. The Morgan fingerprint density at radius 2 is 2.00 bits per heavy atom. The van der Waals surface area contributed by atoms with Crippen molar-refractivity contribution in [1.29, 1.82) is 0 Å². The van der Waals surface area contributed by atoms with E-state index < -0.39 is 5.92 Å². The van der Waals surface area contributed by atoms with Crippen molar-refractivity contribution < 1.29 is 19.1 Å². The number of ether oxygens (including phenoxy) is 2. The predicted octanol–water partition coefficient (Wildman–Crippen LogP) is 2.55. The molecule has 1 saturated heterocycles. The standard InChI is InChI=1S/C17H14O4/c1-10-4-3-5-11(8-10)9-14-17(19)15-12(21-14)6-7-13(20-2)16(15)18/h3-9,15H,1-2H3/b14-9-. The zero-order valence-corrected chi connectivity index (χ0v) is 11.8. The fourth-order valence-electron chi connectivity index (χ4n) is 2.45. The third-order valence-corrected chi connectivity index (χ3v) is 3.48. The maximum atomic E-state index is 12.4. The Balaban J connectivity index is 1.94. The van der Waals surface area contributed by atoms with Crippen LogP contribution in [0.1, 0.15) is 11.1 Å². The third-order valence-electron chi connectivity index (χ3n) is 3.48. The fraction of sp³-hybridized carbons (Fsp3) is 0.176. The third kappa shape index (κ3) is 2.29. The summed E-state index contributed by atoms with van der Waals surface area (Å²) in [6, 6.07) is 7.71. The number of ketones is 2. The van der Waals surface area contributed by atoms with Gasteiger partial charge in [-0.1, -0.05) is 29.8 Å². The largest absolute Gasteiger partial charge is 0.493 e. The molecule has 0 bridgehead atoms. The maximum absolute atomic E-state index is 12.4. The number of rotatable bonds is 2. The van der Waals surface area contributed by atoms with Gasteiger partial charge in [-0.3, -0.25) is 9.59 Å². The van der Waals surface area contributed by atoms with Crippen LogP contribution in [0.25, 0.3) is 6.08 Å². The van der Waals surface area contributed by atoms with E-state index in [1.807, 2.05) is 31.2 Å². The minimum Gasteiger partial charge on any atom is -0.493 e. The molecule has 106 valence electrons. The molecule has 1 aromatic rings. The molecule has 21 heavy (non-hydrogen) atoms. The van der Waals surface area contributed by atoms with E-state index >= 15 is 0 Å². The summed E-state index contributed by atoms with van der Waals surface area (Å²) < 4.78 is 10.5. The summed E-state index contributed by atoms with van der Waals surface area (Å²) in [6.07, 6.45) is 4.80. The summed E-state index contributed by atoms with van der Waals surface area (Å²) in [5.74, 6) is -0.845. The van der Waals surface area contributed by atoms with Gasteiger partial charge in [-0.15, -0.1) is 0 Å². The Hall–Kier alpha value is -2.62. The molecule has 4 heteroatoms. The lowest BCUT2D eigenvalue weighted by atomic mass is 9.92. The molecule has 0 radical (unpaired) electrons. The summed E-state index contributed by atoms with van der Waals surface area (Å²) in [7, 11) is 1.41. The molecule has 1 aliphatic heterocycles. The zero-order chi connectivity index (χ0) is 15.0. The van der Waals surface area contributed by atoms with Gasteiger partial charge in [-0.2, -0.15) is 0 Å². The molecule has 0 amide bonds. The predicted molar refractivity (Wildman–Crippen MR) is 76.9 cm³/mol. The molecule has 2 aliphatic rings. The van der Waals surface area contributed by atoms with Crippen LogP contribution in [0.3, 0.4) is 0 Å². The van der Waals surface area contributed by atoms with Gasteiger partial charge in [0.05, 0.1) is 7.11 Å². The number of benzene rings is 1. The highest BCUT2D eigenvalue weighted by atomic mass is 16.5. The van der Waals surface area contributed by atoms with Crippen molar-refractivity contribution in [2.24, 2.45) is 5.92 Å². The van der Waals surface area contributed by atoms with Gasteiger partial charge >= 0.3 is 0 Å². The number of allylic oxidation sites excluding steroid dienone is 5. The molecule has 1 aromatic carbocycles. The lowest BCUT2D eigenvalue weighted by Gasteiger charge is -2.12. The van der Waals surface area contributed by atoms with E-state index in [4.69, 9.17) is 9.47 Å². The quantitative estimate of drug-likeness (QED) is 0.618. The van der Waals surface area contributed by atoms with E-state index in [-0.39, 0.29) is 23.1 Å². The summed E-state index contributed by atoms with van der Waals surface area (Å²) >= 11 is 0. The minimum atomic E-state index is -0.902. The minimum absolute atomic E-state index is 0.178. The molecule has 3 rings (SSSR count). The molecule has 0 N–H and O–H groups in total. The first-order valence-corrected chi connectivity index (χ1v) is 6.60. The van der Waals surface area contributed by atoms with Gasteiger partial charge in [-0.25, -0.2) is 0 Å². The molecular formula is C17H14O4. The SMILES string of the molecule is COC1=CC=C2O/C(=C\c3cccc(C)c3)C(=O)C2C1=O. The monoisotopic (exact) mass is 282 g/mol. The fourth-order valence-corrected chi connectivity index (χ4v) is 2.45. The van der Waals surface area contributed by atoms with Crippen LogP contribution < -0.4 is 0 Å². The molecule has 1 fully saturated rings. The molecule has 0 saturated carbocycles. The lowest BCUT2D eigenvalue weighted by Crippen LogP contribution is -2.25. The van der Waals surface area contributed by atoms with Gasteiger partial charge in [0.15, 0.2) is 11.5 Å². The highest BCUT2D eigenvalue weighted by Crippen LogP contribution is 2.35. The molecular weight excluding hydrogens is 268 g/mol. The van der Waals surface area contributed by atoms with E-state index in [1.165, 1.54) is 13.2 Å². The first-order chi connectivity index (χ1) is 10.1. The highest BCUT2D eigenvalue weighted by molar-refractivity contribution is 6.19. The normalized spacial score (nSPS) is 22.6. The molecule has 4 nitrogen and oxygen atoms in total. The summed E-state index contributed by atoms with van der Waals surface area (Å²) in [6.45, 7) is 1.97.